The van der Waals surface area contributed by atoms with Crippen molar-refractivity contribution in [2.24, 2.45) is 0 Å². The van der Waals surface area contributed by atoms with E-state index in [4.69, 9.17) is 20.9 Å². The summed E-state index contributed by atoms with van der Waals surface area (Å²) in [6.07, 6.45) is 0.0545. The molecule has 0 atom stereocenters. The van der Waals surface area contributed by atoms with Gasteiger partial charge in [0.05, 0.1) is 12.0 Å². The fourth-order valence-corrected chi connectivity index (χ4v) is 6.25. The number of rotatable bonds is 7. The van der Waals surface area contributed by atoms with E-state index < -0.39 is 10.0 Å². The van der Waals surface area contributed by atoms with Crippen molar-refractivity contribution in [2.45, 2.75) is 45.9 Å². The molecule has 0 bridgehead atoms. The van der Waals surface area contributed by atoms with Crippen LogP contribution >= 0.6 is 22.9 Å². The molecule has 2 aromatic heterocycles. The van der Waals surface area contributed by atoms with Gasteiger partial charge in [-0.15, -0.1) is 11.3 Å². The molecule has 166 valence electrons. The van der Waals surface area contributed by atoms with Crippen molar-refractivity contribution < 1.29 is 22.5 Å². The van der Waals surface area contributed by atoms with Gasteiger partial charge in [0.1, 0.15) is 21.4 Å². The number of hydrogen-bond donors (Lipinski definition) is 1. The average molecular weight is 483 g/mol. The number of carbonyl (C=O) groups excluding carboxylic acids is 1. The largest absolute Gasteiger partial charge is 0.496 e. The Kier molecular flexibility index (Phi) is 6.50. The van der Waals surface area contributed by atoms with E-state index in [9.17, 15) is 13.2 Å². The lowest BCUT2D eigenvalue weighted by molar-refractivity contribution is 0.0993. The number of ketones is 1. The van der Waals surface area contributed by atoms with Gasteiger partial charge < -0.3 is 9.26 Å². The molecule has 2 heterocycles. The zero-order chi connectivity index (χ0) is 23.1. The van der Waals surface area contributed by atoms with E-state index in [0.717, 1.165) is 39.3 Å². The number of carbonyl (C=O) groups is 1. The topological polar surface area (TPSA) is 98.5 Å². The predicted octanol–water partition coefficient (Wildman–Crippen LogP) is 5.17. The Morgan fingerprint density at radius 3 is 2.45 bits per heavy atom. The number of Topliss-reactive ketones (excluding diaryl/α,β-unsaturated/α-hetero) is 1. The quantitative estimate of drug-likeness (QED) is 0.466. The number of halogens is 1. The summed E-state index contributed by atoms with van der Waals surface area (Å²) in [6.45, 7) is 9.11. The predicted molar refractivity (Wildman–Crippen MR) is 121 cm³/mol. The second-order valence-electron chi connectivity index (χ2n) is 7.31. The SMILES string of the molecule is COc1c(C)cc(C)c(CC(=O)c2sc(C)cc2S(=O)(=O)Nc2onc(C)c2Cl)c1C. The van der Waals surface area contributed by atoms with Crippen molar-refractivity contribution in [2.75, 3.05) is 11.8 Å². The van der Waals surface area contributed by atoms with E-state index in [1.807, 2.05) is 26.8 Å². The molecule has 1 N–H and O–H groups in total. The van der Waals surface area contributed by atoms with Crippen LogP contribution in [0.5, 0.6) is 5.75 Å². The number of benzene rings is 1. The first kappa shape index (κ1) is 23.3. The third kappa shape index (κ3) is 4.49. The molecule has 0 amide bonds. The number of sulfonamides is 1. The summed E-state index contributed by atoms with van der Waals surface area (Å²) in [6, 6.07) is 3.42. The molecular weight excluding hydrogens is 460 g/mol. The van der Waals surface area contributed by atoms with Crippen LogP contribution in [0.3, 0.4) is 0 Å². The normalized spacial score (nSPS) is 11.6. The van der Waals surface area contributed by atoms with Crippen LogP contribution in [0.15, 0.2) is 21.6 Å². The number of ether oxygens (including phenoxy) is 1. The number of aromatic nitrogens is 1. The number of aryl methyl sites for hydroxylation is 4. The Balaban J connectivity index is 1.99. The van der Waals surface area contributed by atoms with Crippen LogP contribution in [0.25, 0.3) is 0 Å². The Labute approximate surface area is 190 Å². The lowest BCUT2D eigenvalue weighted by atomic mass is 9.94. The van der Waals surface area contributed by atoms with Crippen molar-refractivity contribution in [1.29, 1.82) is 0 Å². The van der Waals surface area contributed by atoms with Gasteiger partial charge in [-0.25, -0.2) is 13.1 Å². The van der Waals surface area contributed by atoms with E-state index in [2.05, 4.69) is 9.88 Å². The molecule has 0 unspecified atom stereocenters. The number of hydrogen-bond acceptors (Lipinski definition) is 7. The van der Waals surface area contributed by atoms with Crippen LogP contribution in [0, 0.1) is 34.6 Å². The molecule has 0 radical (unpaired) electrons. The Morgan fingerprint density at radius 2 is 1.87 bits per heavy atom. The lowest BCUT2D eigenvalue weighted by Crippen LogP contribution is -2.16. The van der Waals surface area contributed by atoms with Gasteiger partial charge in [-0.3, -0.25) is 4.79 Å². The fraction of sp³-hybridized carbons (Fsp3) is 0.333. The maximum atomic E-state index is 13.2. The molecule has 0 fully saturated rings. The minimum absolute atomic E-state index is 0.0545. The molecule has 0 aliphatic rings. The van der Waals surface area contributed by atoms with Crippen LogP contribution in [0.1, 0.15) is 42.5 Å². The highest BCUT2D eigenvalue weighted by molar-refractivity contribution is 7.93. The van der Waals surface area contributed by atoms with E-state index in [1.54, 1.807) is 21.0 Å². The number of nitrogens with one attached hydrogen (secondary N) is 1. The van der Waals surface area contributed by atoms with Gasteiger partial charge >= 0.3 is 0 Å². The van der Waals surface area contributed by atoms with Gasteiger partial charge in [0.2, 0.25) is 0 Å². The standard InChI is InChI=1S/C21H23ClN2O5S2/c1-10-7-11(2)19(28-6)13(4)15(10)9-16(25)20-17(8-12(3)30-20)31(26,27)24-21-18(22)14(5)23-29-21/h7-8,24H,9H2,1-6H3. The van der Waals surface area contributed by atoms with E-state index in [1.165, 1.54) is 6.07 Å². The van der Waals surface area contributed by atoms with Gasteiger partial charge in [-0.1, -0.05) is 22.8 Å². The third-order valence-corrected chi connectivity index (χ3v) is 8.00. The van der Waals surface area contributed by atoms with Gasteiger partial charge in [0, 0.05) is 11.3 Å². The fourth-order valence-electron chi connectivity index (χ4n) is 3.52. The van der Waals surface area contributed by atoms with Crippen LogP contribution < -0.4 is 9.46 Å². The third-order valence-electron chi connectivity index (χ3n) is 4.98. The Morgan fingerprint density at radius 1 is 1.19 bits per heavy atom. The molecule has 0 aliphatic heterocycles. The molecule has 31 heavy (non-hydrogen) atoms. The molecule has 0 spiro atoms. The summed E-state index contributed by atoms with van der Waals surface area (Å²) in [5.41, 5.74) is 3.98. The highest BCUT2D eigenvalue weighted by atomic mass is 35.5. The molecular formula is C21H23ClN2O5S2. The summed E-state index contributed by atoms with van der Waals surface area (Å²) < 4.78 is 38.7. The number of anilines is 1. The van der Waals surface area contributed by atoms with E-state index >= 15 is 0 Å². The average Bonchev–Trinajstić information content (AvgIpc) is 3.23. The second-order valence-corrected chi connectivity index (χ2v) is 10.6. The number of methoxy groups -OCH3 is 1. The maximum absolute atomic E-state index is 13.2. The zero-order valence-corrected chi connectivity index (χ0v) is 20.4. The molecule has 1 aromatic carbocycles. The van der Waals surface area contributed by atoms with Gasteiger partial charge in [0.15, 0.2) is 5.78 Å². The van der Waals surface area contributed by atoms with Crippen molar-refractivity contribution in [3.63, 3.8) is 0 Å². The monoisotopic (exact) mass is 482 g/mol. The summed E-state index contributed by atoms with van der Waals surface area (Å²) in [4.78, 5) is 14.0. The number of thiophene rings is 1. The molecule has 0 aliphatic carbocycles. The molecule has 7 nitrogen and oxygen atoms in total. The lowest BCUT2D eigenvalue weighted by Gasteiger charge is -2.16. The van der Waals surface area contributed by atoms with Crippen LogP contribution in [-0.2, 0) is 16.4 Å². The summed E-state index contributed by atoms with van der Waals surface area (Å²) in [5, 5.41) is 3.72. The molecule has 10 heteroatoms. The van der Waals surface area contributed by atoms with Gasteiger partial charge in [-0.2, -0.15) is 0 Å². The maximum Gasteiger partial charge on any atom is 0.265 e. The highest BCUT2D eigenvalue weighted by Crippen LogP contribution is 2.34. The summed E-state index contributed by atoms with van der Waals surface area (Å²) >= 11 is 7.17. The molecule has 3 aromatic rings. The van der Waals surface area contributed by atoms with Gasteiger partial charge in [-0.05, 0) is 62.9 Å². The number of nitrogens with zero attached hydrogens (tertiary/aromatic N) is 1. The van der Waals surface area contributed by atoms with Crippen molar-refractivity contribution in [1.82, 2.24) is 5.16 Å². The Hall–Kier alpha value is -2.36. The minimum atomic E-state index is -4.11. The second kappa shape index (κ2) is 8.64. The van der Waals surface area contributed by atoms with Crippen LogP contribution in [0.2, 0.25) is 5.02 Å². The van der Waals surface area contributed by atoms with Crippen molar-refractivity contribution >= 4 is 44.6 Å². The smallest absolute Gasteiger partial charge is 0.265 e. The minimum Gasteiger partial charge on any atom is -0.496 e. The Bertz CT molecular complexity index is 1280. The first-order chi connectivity index (χ1) is 14.5. The van der Waals surface area contributed by atoms with Gasteiger partial charge in [0.25, 0.3) is 15.9 Å². The summed E-state index contributed by atoms with van der Waals surface area (Å²) in [7, 11) is -2.52. The first-order valence-electron chi connectivity index (χ1n) is 9.38. The molecule has 0 saturated heterocycles. The first-order valence-corrected chi connectivity index (χ1v) is 12.1. The zero-order valence-electron chi connectivity index (χ0n) is 18.0. The van der Waals surface area contributed by atoms with Crippen molar-refractivity contribution in [3.8, 4) is 5.75 Å². The van der Waals surface area contributed by atoms with Crippen molar-refractivity contribution in [3.05, 3.63) is 54.9 Å². The van der Waals surface area contributed by atoms with E-state index in [-0.39, 0.29) is 32.9 Å². The molecule has 3 rings (SSSR count). The van der Waals surface area contributed by atoms with E-state index in [0.29, 0.717) is 10.6 Å². The highest BCUT2D eigenvalue weighted by Gasteiger charge is 2.28. The van der Waals surface area contributed by atoms with Crippen LogP contribution in [0.4, 0.5) is 5.88 Å². The summed E-state index contributed by atoms with van der Waals surface area (Å²) in [5.74, 6) is 0.243. The molecule has 0 saturated carbocycles. The van der Waals surface area contributed by atoms with Crippen LogP contribution in [-0.4, -0.2) is 26.5 Å².